The number of hydrogen-bond acceptors (Lipinski definition) is 1. The number of benzene rings is 8. The lowest BCUT2D eigenvalue weighted by Crippen LogP contribution is -2.16. The summed E-state index contributed by atoms with van der Waals surface area (Å²) < 4.78 is 2.43. The fraction of sp³-hybridized carbons (Fsp3) is 0.0909. The highest BCUT2D eigenvalue weighted by molar-refractivity contribution is 6.00. The van der Waals surface area contributed by atoms with Gasteiger partial charge in [-0.3, -0.25) is 0 Å². The number of nitrogens with zero attached hydrogens (tertiary/aromatic N) is 2. The summed E-state index contributed by atoms with van der Waals surface area (Å²) in [7, 11) is 0. The highest BCUT2D eigenvalue weighted by Gasteiger charge is 2.35. The summed E-state index contributed by atoms with van der Waals surface area (Å²) >= 11 is 0. The van der Waals surface area contributed by atoms with Gasteiger partial charge in [-0.2, -0.15) is 0 Å². The molecular formula is C55H42N2. The second-order valence-corrected chi connectivity index (χ2v) is 16.1. The minimum absolute atomic E-state index is 0.0862. The van der Waals surface area contributed by atoms with Crippen LogP contribution in [-0.4, -0.2) is 4.57 Å². The van der Waals surface area contributed by atoms with Crippen LogP contribution < -0.4 is 4.90 Å². The van der Waals surface area contributed by atoms with E-state index >= 15 is 0 Å². The number of rotatable bonds is 6. The zero-order valence-corrected chi connectivity index (χ0v) is 32.3. The molecule has 0 unspecified atom stereocenters. The van der Waals surface area contributed by atoms with Crippen molar-refractivity contribution in [3.63, 3.8) is 0 Å². The highest BCUT2D eigenvalue weighted by atomic mass is 15.1. The van der Waals surface area contributed by atoms with Crippen molar-refractivity contribution >= 4 is 44.8 Å². The van der Waals surface area contributed by atoms with E-state index in [4.69, 9.17) is 0 Å². The topological polar surface area (TPSA) is 8.17 Å². The predicted molar refractivity (Wildman–Crippen MR) is 241 cm³/mol. The van der Waals surface area contributed by atoms with Gasteiger partial charge in [-0.05, 0) is 123 Å². The first-order valence-corrected chi connectivity index (χ1v) is 20.2. The number of anilines is 3. The summed E-state index contributed by atoms with van der Waals surface area (Å²) in [5.74, 6) is 0. The van der Waals surface area contributed by atoms with Gasteiger partial charge in [0, 0.05) is 38.9 Å². The van der Waals surface area contributed by atoms with Gasteiger partial charge in [0.15, 0.2) is 0 Å². The van der Waals surface area contributed by atoms with E-state index in [1.165, 1.54) is 88.8 Å². The first-order chi connectivity index (χ1) is 28.0. The normalized spacial score (nSPS) is 13.7. The highest BCUT2D eigenvalue weighted by Crippen LogP contribution is 2.51. The number of allylic oxidation sites excluding steroid dienone is 1. The minimum Gasteiger partial charge on any atom is -0.310 e. The summed E-state index contributed by atoms with van der Waals surface area (Å²) in [5.41, 5.74) is 18.9. The Balaban J connectivity index is 0.956. The van der Waals surface area contributed by atoms with Gasteiger partial charge < -0.3 is 9.47 Å². The van der Waals surface area contributed by atoms with Crippen molar-refractivity contribution < 1.29 is 0 Å². The SMILES string of the molecule is CC1(C)c2ccccc2-c2ccc(N(c3ccc(-c4ccc(-c5ccc6c7c(n(-c8ccccc8)c6c5)C=CCC7)cc4)cc3)c3cccc4ccccc34)cc21. The molecule has 2 aliphatic rings. The molecule has 0 spiro atoms. The fourth-order valence-corrected chi connectivity index (χ4v) is 9.59. The van der Waals surface area contributed by atoms with E-state index in [2.05, 4.69) is 217 Å². The smallest absolute Gasteiger partial charge is 0.0543 e. The van der Waals surface area contributed by atoms with Crippen molar-refractivity contribution in [1.82, 2.24) is 4.57 Å². The van der Waals surface area contributed by atoms with Crippen LogP contribution in [0.15, 0.2) is 188 Å². The third-order valence-corrected chi connectivity index (χ3v) is 12.5. The van der Waals surface area contributed by atoms with Gasteiger partial charge in [-0.25, -0.2) is 0 Å². The Morgan fingerprint density at radius 2 is 1.16 bits per heavy atom. The molecule has 9 aromatic rings. The lowest BCUT2D eigenvalue weighted by atomic mass is 9.82. The van der Waals surface area contributed by atoms with Gasteiger partial charge in [0.25, 0.3) is 0 Å². The summed E-state index contributed by atoms with van der Waals surface area (Å²) in [5, 5.41) is 3.81. The Kier molecular flexibility index (Phi) is 7.69. The second-order valence-electron chi connectivity index (χ2n) is 16.1. The number of aromatic nitrogens is 1. The molecule has 8 aromatic carbocycles. The summed E-state index contributed by atoms with van der Waals surface area (Å²) in [4.78, 5) is 2.43. The lowest BCUT2D eigenvalue weighted by Gasteiger charge is -2.29. The van der Waals surface area contributed by atoms with Crippen LogP contribution in [-0.2, 0) is 11.8 Å². The molecule has 0 N–H and O–H groups in total. The number of fused-ring (bicyclic) bond motifs is 7. The van der Waals surface area contributed by atoms with E-state index < -0.39 is 0 Å². The Morgan fingerprint density at radius 3 is 1.98 bits per heavy atom. The van der Waals surface area contributed by atoms with E-state index in [0.29, 0.717) is 0 Å². The van der Waals surface area contributed by atoms with E-state index in [-0.39, 0.29) is 5.41 Å². The fourth-order valence-electron chi connectivity index (χ4n) is 9.59. The van der Waals surface area contributed by atoms with Gasteiger partial charge in [0.2, 0.25) is 0 Å². The van der Waals surface area contributed by atoms with Crippen molar-refractivity contribution in [2.45, 2.75) is 32.1 Å². The maximum Gasteiger partial charge on any atom is 0.0543 e. The summed E-state index contributed by atoms with van der Waals surface area (Å²) in [6, 6.07) is 67.2. The third kappa shape index (κ3) is 5.39. The average Bonchev–Trinajstić information content (AvgIpc) is 3.72. The zero-order chi connectivity index (χ0) is 38.1. The van der Waals surface area contributed by atoms with Gasteiger partial charge in [0.05, 0.1) is 11.2 Å². The molecule has 0 fully saturated rings. The van der Waals surface area contributed by atoms with Gasteiger partial charge in [0.1, 0.15) is 0 Å². The number of aryl methyl sites for hydroxylation is 1. The van der Waals surface area contributed by atoms with Crippen molar-refractivity contribution in [2.24, 2.45) is 0 Å². The van der Waals surface area contributed by atoms with Crippen LogP contribution in [0.25, 0.3) is 66.8 Å². The van der Waals surface area contributed by atoms with E-state index in [1.54, 1.807) is 0 Å². The first kappa shape index (κ1) is 33.4. The molecule has 0 saturated heterocycles. The Bertz CT molecular complexity index is 3010. The van der Waals surface area contributed by atoms with Crippen molar-refractivity contribution in [2.75, 3.05) is 4.90 Å². The molecule has 57 heavy (non-hydrogen) atoms. The van der Waals surface area contributed by atoms with Gasteiger partial charge in [-0.15, -0.1) is 0 Å². The molecule has 0 saturated carbocycles. The molecule has 0 bridgehead atoms. The molecule has 1 aromatic heterocycles. The number of hydrogen-bond donors (Lipinski definition) is 0. The molecule has 0 radical (unpaired) electrons. The van der Waals surface area contributed by atoms with Gasteiger partial charge in [-0.1, -0.05) is 153 Å². The quantitative estimate of drug-likeness (QED) is 0.165. The van der Waals surface area contributed by atoms with Gasteiger partial charge >= 0.3 is 0 Å². The molecule has 11 rings (SSSR count). The van der Waals surface area contributed by atoms with Crippen LogP contribution in [0.2, 0.25) is 0 Å². The zero-order valence-electron chi connectivity index (χ0n) is 32.3. The third-order valence-electron chi connectivity index (χ3n) is 12.5. The molecule has 2 aliphatic carbocycles. The van der Waals surface area contributed by atoms with Crippen LogP contribution in [0.4, 0.5) is 17.1 Å². The number of para-hydroxylation sites is 1. The average molecular weight is 731 g/mol. The largest absolute Gasteiger partial charge is 0.310 e. The van der Waals surface area contributed by atoms with E-state index in [1.807, 2.05) is 0 Å². The predicted octanol–water partition coefficient (Wildman–Crippen LogP) is 14.9. The molecule has 0 aliphatic heterocycles. The minimum atomic E-state index is -0.0862. The Morgan fingerprint density at radius 1 is 0.509 bits per heavy atom. The van der Waals surface area contributed by atoms with Crippen LogP contribution in [0, 0.1) is 0 Å². The van der Waals surface area contributed by atoms with Crippen molar-refractivity contribution in [1.29, 1.82) is 0 Å². The molecule has 0 amide bonds. The standard InChI is InChI=1S/C55H42N2/c1-55(2)50-20-10-8-18-46(50)47-34-32-44(36-51(47)55)56(52-22-12-14-40-13-6-7-17-45(40)52)43-30-27-38(28-31-43)37-23-25-39(26-24-37)41-29-33-49-48-19-9-11-21-53(48)57(54(49)35-41)42-15-4-3-5-16-42/h3-8,10-18,20-36H,9,19H2,1-2H3. The monoisotopic (exact) mass is 730 g/mol. The van der Waals surface area contributed by atoms with Crippen LogP contribution in [0.3, 0.4) is 0 Å². The maximum absolute atomic E-state index is 2.43. The summed E-state index contributed by atoms with van der Waals surface area (Å²) in [6.07, 6.45) is 6.78. The van der Waals surface area contributed by atoms with Crippen LogP contribution >= 0.6 is 0 Å². The molecule has 2 heteroatoms. The van der Waals surface area contributed by atoms with E-state index in [9.17, 15) is 0 Å². The Labute approximate surface area is 334 Å². The van der Waals surface area contributed by atoms with Crippen LogP contribution in [0.1, 0.15) is 42.7 Å². The van der Waals surface area contributed by atoms with Crippen molar-refractivity contribution in [3.05, 3.63) is 210 Å². The van der Waals surface area contributed by atoms with Crippen LogP contribution in [0.5, 0.6) is 0 Å². The van der Waals surface area contributed by atoms with Crippen molar-refractivity contribution in [3.8, 4) is 39.1 Å². The summed E-state index contributed by atoms with van der Waals surface area (Å²) in [6.45, 7) is 4.71. The Hall–Kier alpha value is -6.90. The maximum atomic E-state index is 2.43. The molecule has 272 valence electrons. The second kappa shape index (κ2) is 13.1. The molecule has 1 heterocycles. The molecular weight excluding hydrogens is 689 g/mol. The molecule has 0 atom stereocenters. The first-order valence-electron chi connectivity index (χ1n) is 20.2. The lowest BCUT2D eigenvalue weighted by molar-refractivity contribution is 0.660. The van der Waals surface area contributed by atoms with E-state index in [0.717, 1.165) is 24.2 Å². The molecule has 2 nitrogen and oxygen atoms in total.